The summed E-state index contributed by atoms with van der Waals surface area (Å²) in [5.41, 5.74) is 8.57. The maximum atomic E-state index is 9.04. The SMILES string of the molecule is CCCC.NC(=O)[S-].NC(=O)[S-].[Cu+2]. The summed E-state index contributed by atoms with van der Waals surface area (Å²) in [7, 11) is 0. The molecule has 0 heterocycles. The predicted molar refractivity (Wildman–Crippen MR) is 54.5 cm³/mol. The van der Waals surface area contributed by atoms with Crippen molar-refractivity contribution in [3.8, 4) is 0 Å². The van der Waals surface area contributed by atoms with Crippen molar-refractivity contribution >= 4 is 35.7 Å². The van der Waals surface area contributed by atoms with Crippen LogP contribution in [0.4, 0.5) is 9.59 Å². The Labute approximate surface area is 100 Å². The van der Waals surface area contributed by atoms with E-state index in [4.69, 9.17) is 9.59 Å². The molecule has 0 aliphatic carbocycles. The summed E-state index contributed by atoms with van der Waals surface area (Å²) >= 11 is 7.52. The Hall–Kier alpha value is -0.101. The van der Waals surface area contributed by atoms with E-state index in [0.717, 1.165) is 0 Å². The van der Waals surface area contributed by atoms with E-state index >= 15 is 0 Å². The molecule has 0 unspecified atom stereocenters. The zero-order valence-electron chi connectivity index (χ0n) is 7.50. The molecular formula is C6H14CuN2O2S2. The molecule has 2 amide bonds. The van der Waals surface area contributed by atoms with E-state index in [1.807, 2.05) is 0 Å². The van der Waals surface area contributed by atoms with Crippen molar-refractivity contribution in [2.75, 3.05) is 0 Å². The van der Waals surface area contributed by atoms with Crippen molar-refractivity contribution in [1.29, 1.82) is 0 Å². The van der Waals surface area contributed by atoms with Gasteiger partial charge in [0, 0.05) is 0 Å². The average molecular weight is 274 g/mol. The molecular weight excluding hydrogens is 260 g/mol. The number of hydrogen-bond donors (Lipinski definition) is 2. The number of hydrogen-bond acceptors (Lipinski definition) is 4. The van der Waals surface area contributed by atoms with Gasteiger partial charge in [0.2, 0.25) is 0 Å². The molecule has 0 fully saturated rings. The molecule has 0 saturated heterocycles. The van der Waals surface area contributed by atoms with Gasteiger partial charge >= 0.3 is 17.1 Å². The second-order valence-corrected chi connectivity index (χ2v) is 2.44. The van der Waals surface area contributed by atoms with Crippen molar-refractivity contribution < 1.29 is 26.7 Å². The van der Waals surface area contributed by atoms with Gasteiger partial charge in [-0.25, -0.2) is 0 Å². The Morgan fingerprint density at radius 3 is 1.08 bits per heavy atom. The van der Waals surface area contributed by atoms with E-state index in [2.05, 4.69) is 50.6 Å². The minimum Gasteiger partial charge on any atom is -0.719 e. The maximum absolute atomic E-state index is 9.04. The van der Waals surface area contributed by atoms with Crippen molar-refractivity contribution in [2.45, 2.75) is 26.7 Å². The third-order valence-corrected chi connectivity index (χ3v) is 0.500. The van der Waals surface area contributed by atoms with Crippen LogP contribution in [0.25, 0.3) is 0 Å². The predicted octanol–water partition coefficient (Wildman–Crippen LogP) is 1.03. The number of rotatable bonds is 1. The summed E-state index contributed by atoms with van der Waals surface area (Å²) in [5, 5.41) is -1.50. The molecule has 4 nitrogen and oxygen atoms in total. The van der Waals surface area contributed by atoms with Crippen LogP contribution < -0.4 is 11.5 Å². The van der Waals surface area contributed by atoms with E-state index in [-0.39, 0.29) is 17.1 Å². The molecule has 13 heavy (non-hydrogen) atoms. The largest absolute Gasteiger partial charge is 2.00 e. The quantitative estimate of drug-likeness (QED) is 0.552. The first kappa shape index (κ1) is 23.1. The van der Waals surface area contributed by atoms with E-state index in [0.29, 0.717) is 0 Å². The minimum atomic E-state index is -0.750. The summed E-state index contributed by atoms with van der Waals surface area (Å²) < 4.78 is 0. The monoisotopic (exact) mass is 273 g/mol. The molecule has 0 aliphatic heterocycles. The van der Waals surface area contributed by atoms with Crippen LogP contribution in [0, 0.1) is 0 Å². The molecule has 4 N–H and O–H groups in total. The standard InChI is InChI=1S/C4H10.2CH3NOS.Cu/c1-3-4-2;2*2-1(3)4;/h3-4H2,1-2H3;2*(H3,2,3,4);/q;;;+2/p-2. The number of unbranched alkanes of at least 4 members (excludes halogenated alkanes) is 1. The summed E-state index contributed by atoms with van der Waals surface area (Å²) in [6, 6.07) is 0. The van der Waals surface area contributed by atoms with Crippen LogP contribution in [0.5, 0.6) is 0 Å². The number of carbonyl (C=O) groups is 2. The normalized spacial score (nSPS) is 6.00. The van der Waals surface area contributed by atoms with Gasteiger partial charge in [-0.15, -0.1) is 0 Å². The summed E-state index contributed by atoms with van der Waals surface area (Å²) in [6.07, 6.45) is 2.64. The Morgan fingerprint density at radius 2 is 1.08 bits per heavy atom. The molecule has 7 heteroatoms. The van der Waals surface area contributed by atoms with Gasteiger partial charge in [-0.3, -0.25) is 0 Å². The number of nitrogens with two attached hydrogens (primary N) is 2. The van der Waals surface area contributed by atoms with Gasteiger partial charge < -0.3 is 46.3 Å². The second kappa shape index (κ2) is 22.7. The van der Waals surface area contributed by atoms with Gasteiger partial charge in [0.05, 0.1) is 10.5 Å². The third kappa shape index (κ3) is 1440. The molecule has 0 aromatic carbocycles. The van der Waals surface area contributed by atoms with E-state index < -0.39 is 10.5 Å². The van der Waals surface area contributed by atoms with Gasteiger partial charge in [0.25, 0.3) is 0 Å². The first-order chi connectivity index (χ1) is 5.38. The van der Waals surface area contributed by atoms with E-state index in [1.54, 1.807) is 0 Å². The number of amides is 2. The topological polar surface area (TPSA) is 86.2 Å². The second-order valence-electron chi connectivity index (χ2n) is 1.64. The van der Waals surface area contributed by atoms with E-state index in [1.165, 1.54) is 12.8 Å². The Bertz CT molecular complexity index is 103. The van der Waals surface area contributed by atoms with Crippen LogP contribution in [0.2, 0.25) is 0 Å². The fraction of sp³-hybridized carbons (Fsp3) is 0.667. The first-order valence-electron chi connectivity index (χ1n) is 3.31. The summed E-state index contributed by atoms with van der Waals surface area (Å²) in [6.45, 7) is 4.36. The fourth-order valence-corrected chi connectivity index (χ4v) is 0. The molecule has 0 rings (SSSR count). The average Bonchev–Trinajstić information content (AvgIpc) is 1.85. The van der Waals surface area contributed by atoms with Gasteiger partial charge in [-0.1, -0.05) is 26.7 Å². The number of primary amides is 2. The fourth-order valence-electron chi connectivity index (χ4n) is 0. The van der Waals surface area contributed by atoms with E-state index in [9.17, 15) is 0 Å². The van der Waals surface area contributed by atoms with Crippen LogP contribution in [-0.4, -0.2) is 10.5 Å². The molecule has 83 valence electrons. The summed E-state index contributed by atoms with van der Waals surface area (Å²) in [4.78, 5) is 18.1. The van der Waals surface area contributed by atoms with Crippen molar-refractivity contribution in [1.82, 2.24) is 0 Å². The molecule has 0 aliphatic rings. The molecule has 0 aromatic rings. The summed E-state index contributed by atoms with van der Waals surface area (Å²) in [5.74, 6) is 0. The van der Waals surface area contributed by atoms with Crippen molar-refractivity contribution in [2.24, 2.45) is 11.5 Å². The molecule has 0 aromatic heterocycles. The maximum Gasteiger partial charge on any atom is 2.00 e. The zero-order valence-corrected chi connectivity index (χ0v) is 10.1. The number of carbonyl (C=O) groups excluding carboxylic acids is 2. The molecule has 0 atom stereocenters. The van der Waals surface area contributed by atoms with Crippen LogP contribution in [0.3, 0.4) is 0 Å². The van der Waals surface area contributed by atoms with Crippen LogP contribution >= 0.6 is 0 Å². The Balaban J connectivity index is -0.0000000450. The molecule has 0 spiro atoms. The molecule has 0 bridgehead atoms. The Kier molecular flexibility index (Phi) is 40.2. The van der Waals surface area contributed by atoms with Gasteiger partial charge in [0.15, 0.2) is 0 Å². The Morgan fingerprint density at radius 1 is 1.00 bits per heavy atom. The van der Waals surface area contributed by atoms with Gasteiger partial charge in [-0.05, 0) is 0 Å². The van der Waals surface area contributed by atoms with Crippen LogP contribution in [-0.2, 0) is 42.3 Å². The van der Waals surface area contributed by atoms with Crippen LogP contribution in [0.15, 0.2) is 0 Å². The molecule has 0 saturated carbocycles. The van der Waals surface area contributed by atoms with Gasteiger partial charge in [0.1, 0.15) is 0 Å². The van der Waals surface area contributed by atoms with Crippen LogP contribution in [0.1, 0.15) is 26.7 Å². The minimum absolute atomic E-state index is 0. The van der Waals surface area contributed by atoms with Crippen molar-refractivity contribution in [3.63, 3.8) is 0 Å². The van der Waals surface area contributed by atoms with Gasteiger partial charge in [-0.2, -0.15) is 0 Å². The van der Waals surface area contributed by atoms with Crippen molar-refractivity contribution in [3.05, 3.63) is 0 Å². The smallest absolute Gasteiger partial charge is 0.719 e. The zero-order chi connectivity index (χ0) is 10.6. The first-order valence-corrected chi connectivity index (χ1v) is 4.12. The molecule has 1 radical (unpaired) electrons. The third-order valence-electron chi connectivity index (χ3n) is 0.500.